The number of aromatic carboxylic acids is 1. The maximum absolute atomic E-state index is 12.9. The van der Waals surface area contributed by atoms with Crippen LogP contribution in [0.3, 0.4) is 0 Å². The normalized spacial score (nSPS) is 10.9. The van der Waals surface area contributed by atoms with Gasteiger partial charge in [-0.15, -0.1) is 0 Å². The predicted molar refractivity (Wildman–Crippen MR) is 82.1 cm³/mol. The Morgan fingerprint density at radius 3 is 2.57 bits per heavy atom. The second kappa shape index (κ2) is 5.64. The summed E-state index contributed by atoms with van der Waals surface area (Å²) in [4.78, 5) is 19.2. The highest BCUT2D eigenvalue weighted by Crippen LogP contribution is 2.28. The van der Waals surface area contributed by atoms with Crippen LogP contribution in [0.25, 0.3) is 10.9 Å². The Kier molecular flexibility index (Phi) is 3.65. The molecule has 0 fully saturated rings. The highest BCUT2D eigenvalue weighted by molar-refractivity contribution is 5.97. The number of aryl methyl sites for hydroxylation is 1. The van der Waals surface area contributed by atoms with E-state index in [1.165, 1.54) is 12.1 Å². The molecule has 2 N–H and O–H groups in total. The SMILES string of the molecule is Cc1nc(C(=O)O)c(O)c2ncc(Cc3ccc(F)cc3)cc12. The number of pyridine rings is 2. The molecule has 116 valence electrons. The van der Waals surface area contributed by atoms with E-state index in [2.05, 4.69) is 9.97 Å². The molecule has 1 aromatic carbocycles. The van der Waals surface area contributed by atoms with Crippen LogP contribution < -0.4 is 0 Å². The minimum Gasteiger partial charge on any atom is -0.504 e. The molecule has 0 saturated heterocycles. The summed E-state index contributed by atoms with van der Waals surface area (Å²) in [6.45, 7) is 1.66. The van der Waals surface area contributed by atoms with Crippen molar-refractivity contribution in [3.63, 3.8) is 0 Å². The number of aromatic hydroxyl groups is 1. The Bertz CT molecular complexity index is 908. The molecule has 3 aromatic rings. The average molecular weight is 312 g/mol. The van der Waals surface area contributed by atoms with Gasteiger partial charge in [0.2, 0.25) is 0 Å². The van der Waals surface area contributed by atoms with Gasteiger partial charge >= 0.3 is 5.97 Å². The maximum Gasteiger partial charge on any atom is 0.358 e. The standard InChI is InChI=1S/C17H13FN2O3/c1-9-13-7-11(6-10-2-4-12(18)5-3-10)8-19-14(13)16(21)15(20-9)17(22)23/h2-5,7-8,21H,6H2,1H3,(H,22,23). The van der Waals surface area contributed by atoms with Crippen molar-refractivity contribution in [1.82, 2.24) is 9.97 Å². The highest BCUT2D eigenvalue weighted by Gasteiger charge is 2.18. The van der Waals surface area contributed by atoms with Crippen LogP contribution in [-0.2, 0) is 6.42 Å². The summed E-state index contributed by atoms with van der Waals surface area (Å²) in [5, 5.41) is 19.6. The van der Waals surface area contributed by atoms with Crippen LogP contribution in [0, 0.1) is 12.7 Å². The molecule has 0 unspecified atom stereocenters. The average Bonchev–Trinajstić information content (AvgIpc) is 2.53. The van der Waals surface area contributed by atoms with Gasteiger partial charge < -0.3 is 10.2 Å². The Hall–Kier alpha value is -3.02. The van der Waals surface area contributed by atoms with Gasteiger partial charge in [-0.05, 0) is 42.7 Å². The summed E-state index contributed by atoms with van der Waals surface area (Å²) in [6.07, 6.45) is 2.11. The molecule has 2 aromatic heterocycles. The summed E-state index contributed by atoms with van der Waals surface area (Å²) < 4.78 is 12.9. The molecule has 0 aliphatic carbocycles. The zero-order valence-electron chi connectivity index (χ0n) is 12.2. The first-order valence-corrected chi connectivity index (χ1v) is 6.91. The molecule has 0 bridgehead atoms. The second-order valence-corrected chi connectivity index (χ2v) is 5.24. The Morgan fingerprint density at radius 1 is 1.22 bits per heavy atom. The van der Waals surface area contributed by atoms with Gasteiger partial charge in [0, 0.05) is 17.3 Å². The molecule has 0 amide bonds. The van der Waals surface area contributed by atoms with Gasteiger partial charge in [-0.1, -0.05) is 12.1 Å². The van der Waals surface area contributed by atoms with Crippen molar-refractivity contribution in [2.75, 3.05) is 0 Å². The largest absolute Gasteiger partial charge is 0.504 e. The van der Waals surface area contributed by atoms with Crippen LogP contribution in [0.5, 0.6) is 5.75 Å². The van der Waals surface area contributed by atoms with E-state index in [0.717, 1.165) is 11.1 Å². The van der Waals surface area contributed by atoms with Crippen molar-refractivity contribution < 1.29 is 19.4 Å². The third-order valence-electron chi connectivity index (χ3n) is 3.59. The second-order valence-electron chi connectivity index (χ2n) is 5.24. The maximum atomic E-state index is 12.9. The number of hydrogen-bond donors (Lipinski definition) is 2. The molecule has 6 heteroatoms. The van der Waals surface area contributed by atoms with Gasteiger partial charge in [-0.25, -0.2) is 14.2 Å². The van der Waals surface area contributed by atoms with Crippen LogP contribution in [0.1, 0.15) is 27.3 Å². The third-order valence-corrected chi connectivity index (χ3v) is 3.59. The number of carbonyl (C=O) groups is 1. The van der Waals surface area contributed by atoms with Gasteiger partial charge in [0.25, 0.3) is 0 Å². The van der Waals surface area contributed by atoms with Crippen molar-refractivity contribution in [1.29, 1.82) is 0 Å². The van der Waals surface area contributed by atoms with Crippen LogP contribution in [0.15, 0.2) is 36.5 Å². The lowest BCUT2D eigenvalue weighted by Gasteiger charge is -2.09. The first-order valence-electron chi connectivity index (χ1n) is 6.91. The number of benzene rings is 1. The fourth-order valence-electron chi connectivity index (χ4n) is 2.45. The molecule has 23 heavy (non-hydrogen) atoms. The molecule has 0 aliphatic rings. The van der Waals surface area contributed by atoms with Gasteiger partial charge in [0.05, 0.1) is 0 Å². The molecule has 0 aliphatic heterocycles. The fraction of sp³-hybridized carbons (Fsp3) is 0.118. The summed E-state index contributed by atoms with van der Waals surface area (Å²) in [7, 11) is 0. The molecular weight excluding hydrogens is 299 g/mol. The first kappa shape index (κ1) is 14.9. The number of halogens is 1. The van der Waals surface area contributed by atoms with Crippen LogP contribution in [0.4, 0.5) is 4.39 Å². The van der Waals surface area contributed by atoms with Crippen LogP contribution in [0.2, 0.25) is 0 Å². The molecule has 0 atom stereocenters. The molecule has 0 saturated carbocycles. The number of nitrogens with zero attached hydrogens (tertiary/aromatic N) is 2. The lowest BCUT2D eigenvalue weighted by molar-refractivity contribution is 0.0687. The van der Waals surface area contributed by atoms with E-state index in [9.17, 15) is 14.3 Å². The number of carboxylic acid groups (broad SMARTS) is 1. The number of rotatable bonds is 3. The number of aromatic nitrogens is 2. The van der Waals surface area contributed by atoms with E-state index >= 15 is 0 Å². The lowest BCUT2D eigenvalue weighted by atomic mass is 10.0. The van der Waals surface area contributed by atoms with Gasteiger partial charge in [-0.2, -0.15) is 0 Å². The van der Waals surface area contributed by atoms with E-state index in [4.69, 9.17) is 5.11 Å². The molecule has 0 spiro atoms. The summed E-state index contributed by atoms with van der Waals surface area (Å²) in [5.74, 6) is -2.03. The predicted octanol–water partition coefficient (Wildman–Crippen LogP) is 3.07. The smallest absolute Gasteiger partial charge is 0.358 e. The molecular formula is C17H13FN2O3. The Labute approximate surface area is 131 Å². The fourth-order valence-corrected chi connectivity index (χ4v) is 2.45. The molecule has 2 heterocycles. The molecule has 3 rings (SSSR count). The number of fused-ring (bicyclic) bond motifs is 1. The zero-order chi connectivity index (χ0) is 16.6. The van der Waals surface area contributed by atoms with Crippen molar-refractivity contribution in [2.24, 2.45) is 0 Å². The number of carboxylic acids is 1. The molecule has 0 radical (unpaired) electrons. The zero-order valence-corrected chi connectivity index (χ0v) is 12.2. The quantitative estimate of drug-likeness (QED) is 0.776. The lowest BCUT2D eigenvalue weighted by Crippen LogP contribution is -2.04. The Morgan fingerprint density at radius 2 is 1.91 bits per heavy atom. The van der Waals surface area contributed by atoms with Gasteiger partial charge in [0.1, 0.15) is 11.3 Å². The van der Waals surface area contributed by atoms with Crippen LogP contribution >= 0.6 is 0 Å². The van der Waals surface area contributed by atoms with Crippen molar-refractivity contribution >= 4 is 16.9 Å². The van der Waals surface area contributed by atoms with Gasteiger partial charge in [-0.3, -0.25) is 4.98 Å². The van der Waals surface area contributed by atoms with Crippen LogP contribution in [-0.4, -0.2) is 26.2 Å². The third kappa shape index (κ3) is 2.83. The van der Waals surface area contributed by atoms with E-state index in [1.807, 2.05) is 0 Å². The Balaban J connectivity index is 2.05. The van der Waals surface area contributed by atoms with Crippen molar-refractivity contribution in [3.8, 4) is 5.75 Å². The molecule has 5 nitrogen and oxygen atoms in total. The monoisotopic (exact) mass is 312 g/mol. The van der Waals surface area contributed by atoms with E-state index < -0.39 is 17.4 Å². The minimum atomic E-state index is -1.30. The van der Waals surface area contributed by atoms with Crippen molar-refractivity contribution in [3.05, 3.63) is 64.9 Å². The number of hydrogen-bond acceptors (Lipinski definition) is 4. The summed E-state index contributed by atoms with van der Waals surface area (Å²) in [5.41, 5.74) is 2.05. The first-order chi connectivity index (χ1) is 11.0. The van der Waals surface area contributed by atoms with Gasteiger partial charge in [0.15, 0.2) is 11.4 Å². The van der Waals surface area contributed by atoms with E-state index in [0.29, 0.717) is 17.5 Å². The highest BCUT2D eigenvalue weighted by atomic mass is 19.1. The van der Waals surface area contributed by atoms with E-state index in [1.54, 1.807) is 31.3 Å². The minimum absolute atomic E-state index is 0.206. The summed E-state index contributed by atoms with van der Waals surface area (Å²) in [6, 6.07) is 7.97. The van der Waals surface area contributed by atoms with Crippen molar-refractivity contribution in [2.45, 2.75) is 13.3 Å². The van der Waals surface area contributed by atoms with E-state index in [-0.39, 0.29) is 11.3 Å². The summed E-state index contributed by atoms with van der Waals surface area (Å²) >= 11 is 0. The topological polar surface area (TPSA) is 83.3 Å².